The van der Waals surface area contributed by atoms with E-state index in [-0.39, 0.29) is 5.82 Å². The summed E-state index contributed by atoms with van der Waals surface area (Å²) in [7, 11) is 0. The number of hydrogen-bond donors (Lipinski definition) is 0. The van der Waals surface area contributed by atoms with Crippen LogP contribution in [0.4, 0.5) is 4.39 Å². The second-order valence-electron chi connectivity index (χ2n) is 4.97. The van der Waals surface area contributed by atoms with Gasteiger partial charge in [0.25, 0.3) is 0 Å². The van der Waals surface area contributed by atoms with Gasteiger partial charge in [-0.2, -0.15) is 0 Å². The molecule has 0 amide bonds. The third kappa shape index (κ3) is 2.24. The summed E-state index contributed by atoms with van der Waals surface area (Å²) in [4.78, 5) is 11.3. The molecule has 0 saturated carbocycles. The highest BCUT2D eigenvalue weighted by Crippen LogP contribution is 2.31. The SMILES string of the molecule is Cc1cccc2c(C=O)c(Cl)n(Cc3ccccc3F)c12. The Hall–Kier alpha value is -2.13. The maximum atomic E-state index is 13.9. The number of halogens is 2. The van der Waals surface area contributed by atoms with Crippen molar-refractivity contribution in [2.24, 2.45) is 0 Å². The van der Waals surface area contributed by atoms with Crippen molar-refractivity contribution in [1.82, 2.24) is 4.57 Å². The van der Waals surface area contributed by atoms with E-state index in [1.165, 1.54) is 6.07 Å². The number of hydrogen-bond acceptors (Lipinski definition) is 1. The van der Waals surface area contributed by atoms with Gasteiger partial charge < -0.3 is 4.57 Å². The van der Waals surface area contributed by atoms with Gasteiger partial charge in [-0.25, -0.2) is 4.39 Å². The monoisotopic (exact) mass is 301 g/mol. The quantitative estimate of drug-likeness (QED) is 0.648. The molecule has 3 aromatic rings. The van der Waals surface area contributed by atoms with Gasteiger partial charge in [-0.1, -0.05) is 48.0 Å². The molecule has 2 aromatic carbocycles. The van der Waals surface area contributed by atoms with Crippen LogP contribution < -0.4 is 0 Å². The lowest BCUT2D eigenvalue weighted by Crippen LogP contribution is -2.03. The van der Waals surface area contributed by atoms with E-state index < -0.39 is 0 Å². The average Bonchev–Trinajstić information content (AvgIpc) is 2.75. The topological polar surface area (TPSA) is 22.0 Å². The number of aryl methyl sites for hydroxylation is 1. The van der Waals surface area contributed by atoms with Gasteiger partial charge in [-0.3, -0.25) is 4.79 Å². The first kappa shape index (κ1) is 13.8. The molecule has 0 N–H and O–H groups in total. The number of rotatable bonds is 3. The minimum atomic E-state index is -0.281. The summed E-state index contributed by atoms with van der Waals surface area (Å²) in [6, 6.07) is 12.3. The molecular formula is C17H13ClFNO. The first-order valence-corrected chi connectivity index (χ1v) is 6.97. The fraction of sp³-hybridized carbons (Fsp3) is 0.118. The zero-order valence-corrected chi connectivity index (χ0v) is 12.2. The molecule has 0 radical (unpaired) electrons. The number of aromatic nitrogens is 1. The van der Waals surface area contributed by atoms with E-state index >= 15 is 0 Å². The predicted molar refractivity (Wildman–Crippen MR) is 82.6 cm³/mol. The highest BCUT2D eigenvalue weighted by molar-refractivity contribution is 6.34. The minimum absolute atomic E-state index is 0.281. The Morgan fingerprint density at radius 1 is 1.19 bits per heavy atom. The molecule has 0 fully saturated rings. The van der Waals surface area contributed by atoms with Crippen molar-refractivity contribution in [2.75, 3.05) is 0 Å². The summed E-state index contributed by atoms with van der Waals surface area (Å²) < 4.78 is 15.7. The van der Waals surface area contributed by atoms with Gasteiger partial charge in [0.2, 0.25) is 0 Å². The molecule has 0 bridgehead atoms. The first-order valence-electron chi connectivity index (χ1n) is 6.59. The van der Waals surface area contributed by atoms with E-state index in [4.69, 9.17) is 11.6 Å². The van der Waals surface area contributed by atoms with Crippen molar-refractivity contribution in [3.05, 3.63) is 70.1 Å². The van der Waals surface area contributed by atoms with Crippen molar-refractivity contribution < 1.29 is 9.18 Å². The van der Waals surface area contributed by atoms with Crippen LogP contribution in [-0.2, 0) is 6.54 Å². The Labute approximate surface area is 126 Å². The van der Waals surface area contributed by atoms with Gasteiger partial charge in [0, 0.05) is 10.9 Å². The molecule has 0 atom stereocenters. The van der Waals surface area contributed by atoms with Crippen molar-refractivity contribution in [2.45, 2.75) is 13.5 Å². The average molecular weight is 302 g/mol. The van der Waals surface area contributed by atoms with Gasteiger partial charge in [0.1, 0.15) is 11.0 Å². The fourth-order valence-corrected chi connectivity index (χ4v) is 2.94. The second kappa shape index (κ2) is 5.34. The second-order valence-corrected chi connectivity index (χ2v) is 5.33. The number of nitrogens with zero attached hydrogens (tertiary/aromatic N) is 1. The van der Waals surface area contributed by atoms with E-state index in [1.54, 1.807) is 22.8 Å². The summed E-state index contributed by atoms with van der Waals surface area (Å²) in [6.45, 7) is 2.24. The van der Waals surface area contributed by atoms with E-state index in [9.17, 15) is 9.18 Å². The van der Waals surface area contributed by atoms with E-state index in [1.807, 2.05) is 25.1 Å². The van der Waals surface area contributed by atoms with Crippen LogP contribution in [0.15, 0.2) is 42.5 Å². The molecular weight excluding hydrogens is 289 g/mol. The molecule has 1 heterocycles. The summed E-state index contributed by atoms with van der Waals surface area (Å²) >= 11 is 6.34. The highest BCUT2D eigenvalue weighted by Gasteiger charge is 2.17. The molecule has 106 valence electrons. The molecule has 0 aliphatic carbocycles. The van der Waals surface area contributed by atoms with E-state index in [0.717, 1.165) is 22.8 Å². The van der Waals surface area contributed by atoms with Crippen LogP contribution in [0.5, 0.6) is 0 Å². The Balaban J connectivity index is 2.25. The number of carbonyl (C=O) groups is 1. The lowest BCUT2D eigenvalue weighted by atomic mass is 10.1. The van der Waals surface area contributed by atoms with Crippen LogP contribution in [0.1, 0.15) is 21.5 Å². The number of para-hydroxylation sites is 1. The molecule has 4 heteroatoms. The number of carbonyl (C=O) groups excluding carboxylic acids is 1. The lowest BCUT2D eigenvalue weighted by Gasteiger charge is -2.10. The number of fused-ring (bicyclic) bond motifs is 1. The molecule has 21 heavy (non-hydrogen) atoms. The normalized spacial score (nSPS) is 11.0. The van der Waals surface area contributed by atoms with Gasteiger partial charge in [0.15, 0.2) is 6.29 Å². The van der Waals surface area contributed by atoms with Crippen LogP contribution in [0.25, 0.3) is 10.9 Å². The number of aldehydes is 1. The van der Waals surface area contributed by atoms with E-state index in [0.29, 0.717) is 22.8 Å². The van der Waals surface area contributed by atoms with Gasteiger partial charge in [-0.15, -0.1) is 0 Å². The van der Waals surface area contributed by atoms with Gasteiger partial charge in [0.05, 0.1) is 17.6 Å². The molecule has 0 unspecified atom stereocenters. The first-order chi connectivity index (χ1) is 10.1. The molecule has 0 aliphatic rings. The summed E-state index contributed by atoms with van der Waals surface area (Å²) in [5, 5.41) is 1.14. The third-order valence-corrected chi connectivity index (χ3v) is 4.07. The molecule has 2 nitrogen and oxygen atoms in total. The zero-order chi connectivity index (χ0) is 15.0. The molecule has 0 aliphatic heterocycles. The predicted octanol–water partition coefficient (Wildman–Crippen LogP) is 4.60. The maximum absolute atomic E-state index is 13.9. The standard InChI is InChI=1S/C17H13ClFNO/c1-11-5-4-7-13-14(10-21)17(18)20(16(11)13)9-12-6-2-3-8-15(12)19/h2-8,10H,9H2,1H3. The Morgan fingerprint density at radius 2 is 1.95 bits per heavy atom. The van der Waals surface area contributed by atoms with Crippen LogP contribution in [0, 0.1) is 12.7 Å². The van der Waals surface area contributed by atoms with Crippen molar-refractivity contribution in [1.29, 1.82) is 0 Å². The van der Waals surface area contributed by atoms with Crippen LogP contribution >= 0.6 is 11.6 Å². The van der Waals surface area contributed by atoms with Crippen molar-refractivity contribution >= 4 is 28.8 Å². The molecule has 3 rings (SSSR count). The summed E-state index contributed by atoms with van der Waals surface area (Å²) in [5.74, 6) is -0.281. The largest absolute Gasteiger partial charge is 0.326 e. The van der Waals surface area contributed by atoms with Crippen LogP contribution in [0.3, 0.4) is 0 Å². The third-order valence-electron chi connectivity index (χ3n) is 3.66. The summed E-state index contributed by atoms with van der Waals surface area (Å²) in [5.41, 5.74) is 2.86. The Bertz CT molecular complexity index is 838. The molecule has 1 aromatic heterocycles. The van der Waals surface area contributed by atoms with E-state index in [2.05, 4.69) is 0 Å². The fourth-order valence-electron chi connectivity index (χ4n) is 2.65. The highest BCUT2D eigenvalue weighted by atomic mass is 35.5. The van der Waals surface area contributed by atoms with Crippen molar-refractivity contribution in [3.8, 4) is 0 Å². The maximum Gasteiger partial charge on any atom is 0.153 e. The minimum Gasteiger partial charge on any atom is -0.326 e. The molecule has 0 saturated heterocycles. The van der Waals surface area contributed by atoms with Crippen LogP contribution in [-0.4, -0.2) is 10.9 Å². The Morgan fingerprint density at radius 3 is 2.67 bits per heavy atom. The smallest absolute Gasteiger partial charge is 0.153 e. The lowest BCUT2D eigenvalue weighted by molar-refractivity contribution is 0.112. The Kier molecular flexibility index (Phi) is 3.52. The summed E-state index contributed by atoms with van der Waals surface area (Å²) in [6.07, 6.45) is 0.752. The number of benzene rings is 2. The zero-order valence-electron chi connectivity index (χ0n) is 11.4. The molecule has 0 spiro atoms. The van der Waals surface area contributed by atoms with Crippen LogP contribution in [0.2, 0.25) is 5.15 Å². The van der Waals surface area contributed by atoms with Crippen molar-refractivity contribution in [3.63, 3.8) is 0 Å². The van der Waals surface area contributed by atoms with Gasteiger partial charge in [-0.05, 0) is 18.6 Å². The van der Waals surface area contributed by atoms with Gasteiger partial charge >= 0.3 is 0 Å².